The molecule has 0 fully saturated rings. The van der Waals surface area contributed by atoms with Crippen molar-refractivity contribution < 1.29 is 9.59 Å². The number of hydrogen-bond acceptors (Lipinski definition) is 2. The molecular formula is C18H23NO2. The zero-order chi connectivity index (χ0) is 15.6. The minimum absolute atomic E-state index is 0.00879. The second kappa shape index (κ2) is 5.84. The maximum absolute atomic E-state index is 11.9. The molecule has 112 valence electrons. The van der Waals surface area contributed by atoms with Crippen molar-refractivity contribution in [2.75, 3.05) is 0 Å². The highest BCUT2D eigenvalue weighted by molar-refractivity contribution is 5.99. The van der Waals surface area contributed by atoms with Crippen molar-refractivity contribution in [1.82, 2.24) is 5.32 Å². The number of ketones is 1. The fraction of sp³-hybridized carbons (Fsp3) is 0.444. The SMILES string of the molecule is CC(C)NC(=O)c1ccc(C2=CC(=O)CC(C)(C)C2)cc1. The third-order valence-corrected chi connectivity index (χ3v) is 3.59. The molecule has 0 aromatic heterocycles. The summed E-state index contributed by atoms with van der Waals surface area (Å²) in [6.45, 7) is 8.10. The topological polar surface area (TPSA) is 46.2 Å². The summed E-state index contributed by atoms with van der Waals surface area (Å²) in [6.07, 6.45) is 3.23. The fourth-order valence-electron chi connectivity index (χ4n) is 2.71. The van der Waals surface area contributed by atoms with Crippen molar-refractivity contribution in [2.45, 2.75) is 46.6 Å². The monoisotopic (exact) mass is 285 g/mol. The first kappa shape index (κ1) is 15.5. The van der Waals surface area contributed by atoms with Gasteiger partial charge in [0, 0.05) is 18.0 Å². The molecule has 0 heterocycles. The normalized spacial score (nSPS) is 17.6. The van der Waals surface area contributed by atoms with E-state index in [1.165, 1.54) is 0 Å². The van der Waals surface area contributed by atoms with Crippen molar-refractivity contribution in [2.24, 2.45) is 5.41 Å². The molecule has 0 unspecified atom stereocenters. The van der Waals surface area contributed by atoms with Gasteiger partial charge < -0.3 is 5.32 Å². The van der Waals surface area contributed by atoms with Gasteiger partial charge in [-0.2, -0.15) is 0 Å². The molecule has 0 saturated carbocycles. The van der Waals surface area contributed by atoms with Crippen LogP contribution in [0.15, 0.2) is 30.3 Å². The molecule has 21 heavy (non-hydrogen) atoms. The van der Waals surface area contributed by atoms with Gasteiger partial charge in [0.25, 0.3) is 5.91 Å². The van der Waals surface area contributed by atoms with Crippen LogP contribution in [0.3, 0.4) is 0 Å². The van der Waals surface area contributed by atoms with Crippen molar-refractivity contribution in [1.29, 1.82) is 0 Å². The van der Waals surface area contributed by atoms with Crippen LogP contribution in [0.4, 0.5) is 0 Å². The van der Waals surface area contributed by atoms with E-state index in [1.807, 2.05) is 38.1 Å². The molecule has 1 aliphatic carbocycles. The summed E-state index contributed by atoms with van der Waals surface area (Å²) in [6, 6.07) is 7.61. The van der Waals surface area contributed by atoms with Gasteiger partial charge in [-0.1, -0.05) is 26.0 Å². The van der Waals surface area contributed by atoms with Gasteiger partial charge in [0.15, 0.2) is 5.78 Å². The van der Waals surface area contributed by atoms with Gasteiger partial charge in [-0.25, -0.2) is 0 Å². The van der Waals surface area contributed by atoms with Crippen LogP contribution in [0.25, 0.3) is 5.57 Å². The van der Waals surface area contributed by atoms with Gasteiger partial charge in [-0.05, 0) is 55.0 Å². The van der Waals surface area contributed by atoms with Crippen LogP contribution in [0.2, 0.25) is 0 Å². The van der Waals surface area contributed by atoms with Gasteiger partial charge in [0.2, 0.25) is 0 Å². The molecule has 0 saturated heterocycles. The van der Waals surface area contributed by atoms with Crippen molar-refractivity contribution >= 4 is 17.3 Å². The summed E-state index contributed by atoms with van der Waals surface area (Å²) in [5.74, 6) is 0.119. The third-order valence-electron chi connectivity index (χ3n) is 3.59. The third kappa shape index (κ3) is 4.03. The Hall–Kier alpha value is -1.90. The number of benzene rings is 1. The summed E-state index contributed by atoms with van der Waals surface area (Å²) in [5.41, 5.74) is 2.74. The number of rotatable bonds is 3. The van der Waals surface area contributed by atoms with E-state index in [-0.39, 0.29) is 23.1 Å². The van der Waals surface area contributed by atoms with E-state index in [2.05, 4.69) is 19.2 Å². The van der Waals surface area contributed by atoms with Crippen LogP contribution in [-0.2, 0) is 4.79 Å². The van der Waals surface area contributed by atoms with Crippen molar-refractivity contribution in [3.63, 3.8) is 0 Å². The zero-order valence-corrected chi connectivity index (χ0v) is 13.2. The van der Waals surface area contributed by atoms with Crippen LogP contribution in [0.5, 0.6) is 0 Å². The molecule has 1 amide bonds. The summed E-state index contributed by atoms with van der Waals surface area (Å²) < 4.78 is 0. The highest BCUT2D eigenvalue weighted by Crippen LogP contribution is 2.37. The van der Waals surface area contributed by atoms with E-state index in [9.17, 15) is 9.59 Å². The first-order valence-corrected chi connectivity index (χ1v) is 7.41. The quantitative estimate of drug-likeness (QED) is 0.922. The van der Waals surface area contributed by atoms with E-state index < -0.39 is 0 Å². The second-order valence-corrected chi connectivity index (χ2v) is 6.86. The van der Waals surface area contributed by atoms with Gasteiger partial charge in [0.05, 0.1) is 0 Å². The Morgan fingerprint density at radius 1 is 1.14 bits per heavy atom. The molecule has 0 radical (unpaired) electrons. The Balaban J connectivity index is 2.19. The minimum atomic E-state index is -0.0643. The Labute approximate surface area is 126 Å². The lowest BCUT2D eigenvalue weighted by atomic mass is 9.75. The number of carbonyl (C=O) groups is 2. The number of allylic oxidation sites excluding steroid dienone is 2. The molecule has 0 atom stereocenters. The maximum Gasteiger partial charge on any atom is 0.251 e. The average Bonchev–Trinajstić information content (AvgIpc) is 2.35. The molecular weight excluding hydrogens is 262 g/mol. The molecule has 0 spiro atoms. The molecule has 3 heteroatoms. The van der Waals surface area contributed by atoms with Crippen LogP contribution in [0.1, 0.15) is 56.5 Å². The van der Waals surface area contributed by atoms with Crippen LogP contribution >= 0.6 is 0 Å². The number of hydrogen-bond donors (Lipinski definition) is 1. The smallest absolute Gasteiger partial charge is 0.251 e. The fourth-order valence-corrected chi connectivity index (χ4v) is 2.71. The number of amides is 1. The van der Waals surface area contributed by atoms with Crippen molar-refractivity contribution in [3.05, 3.63) is 41.5 Å². The molecule has 1 N–H and O–H groups in total. The Kier molecular flexibility index (Phi) is 4.31. The van der Waals surface area contributed by atoms with E-state index in [0.29, 0.717) is 12.0 Å². The summed E-state index contributed by atoms with van der Waals surface area (Å²) in [5, 5.41) is 2.87. The highest BCUT2D eigenvalue weighted by atomic mass is 16.1. The summed E-state index contributed by atoms with van der Waals surface area (Å²) >= 11 is 0. The molecule has 1 aromatic carbocycles. The predicted octanol–water partition coefficient (Wildman–Crippen LogP) is 3.60. The van der Waals surface area contributed by atoms with Gasteiger partial charge in [0.1, 0.15) is 0 Å². The van der Waals surface area contributed by atoms with E-state index in [0.717, 1.165) is 17.6 Å². The van der Waals surface area contributed by atoms with E-state index in [4.69, 9.17) is 0 Å². The predicted molar refractivity (Wildman–Crippen MR) is 85.0 cm³/mol. The number of nitrogens with one attached hydrogen (secondary N) is 1. The lowest BCUT2D eigenvalue weighted by Crippen LogP contribution is -2.30. The van der Waals surface area contributed by atoms with Gasteiger partial charge in [-0.15, -0.1) is 0 Å². The summed E-state index contributed by atoms with van der Waals surface area (Å²) in [7, 11) is 0. The van der Waals surface area contributed by atoms with E-state index >= 15 is 0 Å². The van der Waals surface area contributed by atoms with Crippen LogP contribution in [0, 0.1) is 5.41 Å². The zero-order valence-electron chi connectivity index (χ0n) is 13.2. The standard InChI is InChI=1S/C18H23NO2/c1-12(2)19-17(21)14-7-5-13(6-8-14)15-9-16(20)11-18(3,4)10-15/h5-9,12H,10-11H2,1-4H3,(H,19,21). The van der Waals surface area contributed by atoms with Crippen molar-refractivity contribution in [3.8, 4) is 0 Å². The summed E-state index contributed by atoms with van der Waals surface area (Å²) in [4.78, 5) is 23.7. The minimum Gasteiger partial charge on any atom is -0.350 e. The number of carbonyl (C=O) groups excluding carboxylic acids is 2. The molecule has 1 aromatic rings. The second-order valence-electron chi connectivity index (χ2n) is 6.86. The molecule has 0 bridgehead atoms. The van der Waals surface area contributed by atoms with Gasteiger partial charge >= 0.3 is 0 Å². The molecule has 0 aliphatic heterocycles. The molecule has 1 aliphatic rings. The van der Waals surface area contributed by atoms with Crippen LogP contribution < -0.4 is 5.32 Å². The average molecular weight is 285 g/mol. The van der Waals surface area contributed by atoms with Gasteiger partial charge in [-0.3, -0.25) is 9.59 Å². The molecule has 3 nitrogen and oxygen atoms in total. The first-order chi connectivity index (χ1) is 9.77. The largest absolute Gasteiger partial charge is 0.350 e. The lowest BCUT2D eigenvalue weighted by molar-refractivity contribution is -0.116. The van der Waals surface area contributed by atoms with E-state index in [1.54, 1.807) is 6.08 Å². The highest BCUT2D eigenvalue weighted by Gasteiger charge is 2.27. The Bertz CT molecular complexity index is 580. The molecule has 2 rings (SSSR count). The van der Waals surface area contributed by atoms with Crippen LogP contribution in [-0.4, -0.2) is 17.7 Å². The first-order valence-electron chi connectivity index (χ1n) is 7.41. The lowest BCUT2D eigenvalue weighted by Gasteiger charge is -2.29. The Morgan fingerprint density at radius 2 is 1.76 bits per heavy atom. The maximum atomic E-state index is 11.9. The Morgan fingerprint density at radius 3 is 2.29 bits per heavy atom.